The second kappa shape index (κ2) is 4.99. The largest absolute Gasteiger partial charge is 0.355 e. The van der Waals surface area contributed by atoms with Crippen LogP contribution < -0.4 is 5.32 Å². The van der Waals surface area contributed by atoms with Gasteiger partial charge in [-0.25, -0.2) is 4.39 Å². The average Bonchev–Trinajstić information content (AvgIpc) is 2.69. The van der Waals surface area contributed by atoms with Crippen LogP contribution in [0.5, 0.6) is 0 Å². The number of carbonyl (C=O) groups is 1. The number of carbonyl (C=O) groups excluding carboxylic acids is 1. The van der Waals surface area contributed by atoms with Crippen LogP contribution in [0.15, 0.2) is 30.5 Å². The van der Waals surface area contributed by atoms with Gasteiger partial charge >= 0.3 is 0 Å². The van der Waals surface area contributed by atoms with Crippen LogP contribution in [0.4, 0.5) is 4.39 Å². The fourth-order valence-electron chi connectivity index (χ4n) is 1.77. The van der Waals surface area contributed by atoms with E-state index in [1.165, 1.54) is 12.1 Å². The van der Waals surface area contributed by atoms with E-state index in [-0.39, 0.29) is 18.3 Å². The molecule has 0 aliphatic rings. The van der Waals surface area contributed by atoms with E-state index in [2.05, 4.69) is 5.32 Å². The summed E-state index contributed by atoms with van der Waals surface area (Å²) in [5.41, 5.74) is 0.747. The molecule has 0 fully saturated rings. The molecule has 1 N–H and O–H groups in total. The van der Waals surface area contributed by atoms with Gasteiger partial charge in [0.2, 0.25) is 5.91 Å². The third-order valence-corrected chi connectivity index (χ3v) is 2.62. The zero-order chi connectivity index (χ0) is 12.3. The van der Waals surface area contributed by atoms with Crippen molar-refractivity contribution in [1.82, 2.24) is 9.88 Å². The molecule has 0 saturated heterocycles. The van der Waals surface area contributed by atoms with Crippen LogP contribution in [0.25, 0.3) is 10.9 Å². The molecular weight excluding hydrogens is 219 g/mol. The Labute approximate surface area is 99.2 Å². The lowest BCUT2D eigenvalue weighted by molar-refractivity contribution is -0.121. The minimum absolute atomic E-state index is 0.0476. The first-order valence-corrected chi connectivity index (χ1v) is 5.72. The second-order valence-electron chi connectivity index (χ2n) is 4.00. The van der Waals surface area contributed by atoms with Crippen LogP contribution >= 0.6 is 0 Å². The quantitative estimate of drug-likeness (QED) is 0.865. The van der Waals surface area contributed by atoms with Gasteiger partial charge in [0, 0.05) is 12.7 Å². The van der Waals surface area contributed by atoms with Gasteiger partial charge in [-0.1, -0.05) is 6.92 Å². The average molecular weight is 234 g/mol. The van der Waals surface area contributed by atoms with E-state index in [0.29, 0.717) is 6.54 Å². The predicted octanol–water partition coefficient (Wildman–Crippen LogP) is 2.31. The summed E-state index contributed by atoms with van der Waals surface area (Å²) in [7, 11) is 0. The first-order chi connectivity index (χ1) is 8.20. The summed E-state index contributed by atoms with van der Waals surface area (Å²) in [5, 5.41) is 3.74. The van der Waals surface area contributed by atoms with Crippen LogP contribution in [-0.4, -0.2) is 17.0 Å². The molecule has 1 aromatic heterocycles. The maximum Gasteiger partial charge on any atom is 0.239 e. The molecule has 0 saturated carbocycles. The van der Waals surface area contributed by atoms with E-state index in [0.717, 1.165) is 17.3 Å². The maximum atomic E-state index is 13.1. The van der Waals surface area contributed by atoms with Crippen LogP contribution in [0.3, 0.4) is 0 Å². The topological polar surface area (TPSA) is 34.0 Å². The molecule has 90 valence electrons. The minimum Gasteiger partial charge on any atom is -0.355 e. The van der Waals surface area contributed by atoms with Gasteiger partial charge in [-0.05, 0) is 36.1 Å². The van der Waals surface area contributed by atoms with Crippen molar-refractivity contribution < 1.29 is 9.18 Å². The van der Waals surface area contributed by atoms with Crippen molar-refractivity contribution in [2.75, 3.05) is 6.54 Å². The fourth-order valence-corrected chi connectivity index (χ4v) is 1.77. The number of aromatic nitrogens is 1. The van der Waals surface area contributed by atoms with Gasteiger partial charge in [0.1, 0.15) is 12.4 Å². The van der Waals surface area contributed by atoms with Crippen molar-refractivity contribution >= 4 is 16.8 Å². The Kier molecular flexibility index (Phi) is 3.42. The monoisotopic (exact) mass is 234 g/mol. The molecule has 2 aromatic rings. The highest BCUT2D eigenvalue weighted by atomic mass is 19.1. The number of halogens is 1. The highest BCUT2D eigenvalue weighted by Crippen LogP contribution is 2.16. The number of amides is 1. The van der Waals surface area contributed by atoms with E-state index >= 15 is 0 Å². The van der Waals surface area contributed by atoms with Crippen LogP contribution in [0.2, 0.25) is 0 Å². The van der Waals surface area contributed by atoms with Crippen LogP contribution in [0, 0.1) is 5.82 Å². The highest BCUT2D eigenvalue weighted by molar-refractivity contribution is 5.83. The van der Waals surface area contributed by atoms with E-state index in [9.17, 15) is 9.18 Å². The molecule has 0 aliphatic carbocycles. The summed E-state index contributed by atoms with van der Waals surface area (Å²) in [4.78, 5) is 11.6. The number of nitrogens with one attached hydrogen (secondary N) is 1. The number of rotatable bonds is 4. The summed E-state index contributed by atoms with van der Waals surface area (Å²) >= 11 is 0. The molecule has 17 heavy (non-hydrogen) atoms. The lowest BCUT2D eigenvalue weighted by Crippen LogP contribution is -2.27. The molecule has 1 amide bonds. The predicted molar refractivity (Wildman–Crippen MR) is 65.2 cm³/mol. The molecule has 0 unspecified atom stereocenters. The van der Waals surface area contributed by atoms with Crippen molar-refractivity contribution in [3.8, 4) is 0 Å². The Hall–Kier alpha value is -1.84. The van der Waals surface area contributed by atoms with Gasteiger partial charge < -0.3 is 9.88 Å². The van der Waals surface area contributed by atoms with Gasteiger partial charge in [-0.15, -0.1) is 0 Å². The molecule has 0 bridgehead atoms. The molecular formula is C13H15FN2O. The third kappa shape index (κ3) is 2.64. The smallest absolute Gasteiger partial charge is 0.239 e. The maximum absolute atomic E-state index is 13.1. The van der Waals surface area contributed by atoms with E-state index < -0.39 is 0 Å². The Balaban J connectivity index is 2.18. The van der Waals surface area contributed by atoms with Crippen molar-refractivity contribution in [2.45, 2.75) is 19.9 Å². The minimum atomic E-state index is -0.286. The summed E-state index contributed by atoms with van der Waals surface area (Å²) in [5.74, 6) is -0.333. The molecule has 3 nitrogen and oxygen atoms in total. The first kappa shape index (κ1) is 11.6. The highest BCUT2D eigenvalue weighted by Gasteiger charge is 2.06. The van der Waals surface area contributed by atoms with Gasteiger partial charge in [-0.3, -0.25) is 4.79 Å². The van der Waals surface area contributed by atoms with E-state index in [1.807, 2.05) is 13.0 Å². The van der Waals surface area contributed by atoms with Crippen molar-refractivity contribution in [3.63, 3.8) is 0 Å². The number of benzene rings is 1. The first-order valence-electron chi connectivity index (χ1n) is 5.72. The lowest BCUT2D eigenvalue weighted by Gasteiger charge is -2.06. The Bertz CT molecular complexity index is 533. The van der Waals surface area contributed by atoms with Crippen LogP contribution in [-0.2, 0) is 11.3 Å². The summed E-state index contributed by atoms with van der Waals surface area (Å²) in [6, 6.07) is 6.46. The van der Waals surface area contributed by atoms with E-state index in [4.69, 9.17) is 0 Å². The zero-order valence-corrected chi connectivity index (χ0v) is 9.74. The Morgan fingerprint density at radius 2 is 2.24 bits per heavy atom. The summed E-state index contributed by atoms with van der Waals surface area (Å²) in [6.45, 7) is 2.90. The van der Waals surface area contributed by atoms with Crippen LogP contribution in [0.1, 0.15) is 13.3 Å². The third-order valence-electron chi connectivity index (χ3n) is 2.62. The van der Waals surface area contributed by atoms with E-state index in [1.54, 1.807) is 16.8 Å². The van der Waals surface area contributed by atoms with Gasteiger partial charge in [0.05, 0.1) is 5.52 Å². The van der Waals surface area contributed by atoms with Gasteiger partial charge in [0.15, 0.2) is 0 Å². The molecule has 0 spiro atoms. The lowest BCUT2D eigenvalue weighted by atomic mass is 10.2. The number of hydrogen-bond donors (Lipinski definition) is 1. The normalized spacial score (nSPS) is 10.7. The summed E-state index contributed by atoms with van der Waals surface area (Å²) in [6.07, 6.45) is 2.71. The Morgan fingerprint density at radius 1 is 1.41 bits per heavy atom. The van der Waals surface area contributed by atoms with Crippen molar-refractivity contribution in [3.05, 3.63) is 36.3 Å². The molecule has 1 aromatic carbocycles. The molecule has 0 radical (unpaired) electrons. The number of hydrogen-bond acceptors (Lipinski definition) is 1. The fraction of sp³-hybridized carbons (Fsp3) is 0.308. The molecule has 1 heterocycles. The number of fused-ring (bicyclic) bond motifs is 1. The zero-order valence-electron chi connectivity index (χ0n) is 9.74. The number of nitrogens with zero attached hydrogens (tertiary/aromatic N) is 1. The SMILES string of the molecule is CCCNC(=O)Cn1ccc2ccc(F)cc21. The Morgan fingerprint density at radius 3 is 3.00 bits per heavy atom. The van der Waals surface area contributed by atoms with Gasteiger partial charge in [-0.2, -0.15) is 0 Å². The standard InChI is InChI=1S/C13H15FN2O/c1-2-6-15-13(17)9-16-7-5-10-3-4-11(14)8-12(10)16/h3-5,7-8H,2,6,9H2,1H3,(H,15,17). The molecule has 2 rings (SSSR count). The second-order valence-corrected chi connectivity index (χ2v) is 4.00. The molecule has 4 heteroatoms. The molecule has 0 atom stereocenters. The molecule has 0 aliphatic heterocycles. The van der Waals surface area contributed by atoms with Gasteiger partial charge in [0.25, 0.3) is 0 Å². The van der Waals surface area contributed by atoms with Crippen molar-refractivity contribution in [1.29, 1.82) is 0 Å². The summed E-state index contributed by atoms with van der Waals surface area (Å²) < 4.78 is 14.9. The van der Waals surface area contributed by atoms with Crippen molar-refractivity contribution in [2.24, 2.45) is 0 Å².